The number of carbonyl (C=O) groups excluding carboxylic acids is 1. The zero-order chi connectivity index (χ0) is 22.7. The quantitative estimate of drug-likeness (QED) is 0.393. The molecule has 0 saturated heterocycles. The van der Waals surface area contributed by atoms with Gasteiger partial charge in [-0.15, -0.1) is 0 Å². The van der Waals surface area contributed by atoms with Gasteiger partial charge in [-0.3, -0.25) is 9.10 Å². The van der Waals surface area contributed by atoms with Gasteiger partial charge in [0.25, 0.3) is 10.0 Å². The zero-order valence-electron chi connectivity index (χ0n) is 17.6. The Bertz CT molecular complexity index is 1370. The van der Waals surface area contributed by atoms with Crippen LogP contribution in [0.1, 0.15) is 5.56 Å². The third-order valence-electron chi connectivity index (χ3n) is 4.85. The van der Waals surface area contributed by atoms with E-state index in [1.165, 1.54) is 35.2 Å². The lowest BCUT2D eigenvalue weighted by Crippen LogP contribution is -2.26. The molecule has 0 saturated carbocycles. The van der Waals surface area contributed by atoms with Gasteiger partial charge in [0.05, 0.1) is 27.4 Å². The predicted molar refractivity (Wildman–Crippen MR) is 129 cm³/mol. The Kier molecular flexibility index (Phi) is 6.20. The van der Waals surface area contributed by atoms with E-state index in [2.05, 4.69) is 15.3 Å². The minimum atomic E-state index is -3.76. The normalized spacial score (nSPS) is 11.4. The number of nitrogens with one attached hydrogen (secondary N) is 2. The second-order valence-electron chi connectivity index (χ2n) is 7.24. The summed E-state index contributed by atoms with van der Waals surface area (Å²) in [6, 6.07) is 21.0. The molecule has 0 aliphatic heterocycles. The van der Waals surface area contributed by atoms with E-state index in [1.807, 2.05) is 31.2 Å². The van der Waals surface area contributed by atoms with Crippen molar-refractivity contribution in [2.75, 3.05) is 22.4 Å². The van der Waals surface area contributed by atoms with Crippen LogP contribution in [-0.4, -0.2) is 37.1 Å². The molecule has 4 aromatic rings. The maximum atomic E-state index is 13.0. The number of amides is 1. The number of hydrogen-bond acceptors (Lipinski definition) is 5. The highest BCUT2D eigenvalue weighted by Crippen LogP contribution is 2.24. The molecule has 1 heterocycles. The first kappa shape index (κ1) is 21.9. The Morgan fingerprint density at radius 1 is 1.06 bits per heavy atom. The topological polar surface area (TPSA) is 95.2 Å². The van der Waals surface area contributed by atoms with Crippen molar-refractivity contribution in [3.8, 4) is 0 Å². The van der Waals surface area contributed by atoms with E-state index in [-0.39, 0.29) is 16.6 Å². The fraction of sp³-hybridized carbons (Fsp3) is 0.130. The van der Waals surface area contributed by atoms with E-state index in [4.69, 9.17) is 0 Å². The van der Waals surface area contributed by atoms with Crippen molar-refractivity contribution in [2.24, 2.45) is 0 Å². The van der Waals surface area contributed by atoms with Crippen LogP contribution in [0, 0.1) is 6.92 Å². The maximum absolute atomic E-state index is 13.0. The first-order valence-electron chi connectivity index (χ1n) is 9.86. The highest BCUT2D eigenvalue weighted by Gasteiger charge is 2.21. The first-order chi connectivity index (χ1) is 15.3. The third-order valence-corrected chi connectivity index (χ3v) is 7.51. The Balaban J connectivity index is 1.43. The van der Waals surface area contributed by atoms with Crippen molar-refractivity contribution >= 4 is 50.1 Å². The molecular formula is C23H22N4O3S2. The van der Waals surface area contributed by atoms with Gasteiger partial charge in [-0.05, 0) is 55.0 Å². The molecule has 0 radical (unpaired) electrons. The van der Waals surface area contributed by atoms with Gasteiger partial charge in [0.15, 0.2) is 5.16 Å². The van der Waals surface area contributed by atoms with E-state index in [9.17, 15) is 13.2 Å². The van der Waals surface area contributed by atoms with Crippen LogP contribution in [0.25, 0.3) is 11.0 Å². The second-order valence-corrected chi connectivity index (χ2v) is 10.2. The van der Waals surface area contributed by atoms with Crippen LogP contribution < -0.4 is 9.62 Å². The highest BCUT2D eigenvalue weighted by atomic mass is 32.2. The molecule has 0 aliphatic carbocycles. The van der Waals surface area contributed by atoms with Crippen LogP contribution in [0.15, 0.2) is 82.8 Å². The first-order valence-corrected chi connectivity index (χ1v) is 12.3. The monoisotopic (exact) mass is 466 g/mol. The molecule has 164 valence electrons. The minimum Gasteiger partial charge on any atom is -0.333 e. The number of benzene rings is 3. The molecule has 32 heavy (non-hydrogen) atoms. The number of rotatable bonds is 7. The number of para-hydroxylation sites is 1. The SMILES string of the molecule is Cc1ccc2nc(SCC(=O)Nc3cccc(S(=O)(=O)N(C)c4ccccc4)c3)[nH]c2c1. The summed E-state index contributed by atoms with van der Waals surface area (Å²) in [5.41, 5.74) is 3.87. The minimum absolute atomic E-state index is 0.0990. The lowest BCUT2D eigenvalue weighted by molar-refractivity contribution is -0.113. The number of aryl methyl sites for hydroxylation is 1. The number of aromatic nitrogens is 2. The molecule has 4 rings (SSSR count). The summed E-state index contributed by atoms with van der Waals surface area (Å²) in [6.45, 7) is 2.01. The number of carbonyl (C=O) groups is 1. The van der Waals surface area contributed by atoms with Gasteiger partial charge in [-0.1, -0.05) is 42.1 Å². The molecular weight excluding hydrogens is 444 g/mol. The van der Waals surface area contributed by atoms with Crippen LogP contribution in [0.5, 0.6) is 0 Å². The molecule has 1 amide bonds. The molecule has 0 bridgehead atoms. The summed E-state index contributed by atoms with van der Waals surface area (Å²) in [4.78, 5) is 20.2. The molecule has 0 fully saturated rings. The number of hydrogen-bond donors (Lipinski definition) is 2. The number of thioether (sulfide) groups is 1. The molecule has 3 aromatic carbocycles. The van der Waals surface area contributed by atoms with Crippen LogP contribution in [0.3, 0.4) is 0 Å². The van der Waals surface area contributed by atoms with Gasteiger partial charge in [0.1, 0.15) is 0 Å². The molecule has 7 nitrogen and oxygen atoms in total. The Hall–Kier alpha value is -3.30. The summed E-state index contributed by atoms with van der Waals surface area (Å²) in [5, 5.41) is 3.42. The smallest absolute Gasteiger partial charge is 0.264 e. The molecule has 0 unspecified atom stereocenters. The highest BCUT2D eigenvalue weighted by molar-refractivity contribution is 7.99. The van der Waals surface area contributed by atoms with Gasteiger partial charge in [-0.25, -0.2) is 13.4 Å². The molecule has 2 N–H and O–H groups in total. The molecule has 0 spiro atoms. The molecule has 1 aromatic heterocycles. The lowest BCUT2D eigenvalue weighted by atomic mass is 10.2. The van der Waals surface area contributed by atoms with Crippen LogP contribution >= 0.6 is 11.8 Å². The summed E-state index contributed by atoms with van der Waals surface area (Å²) in [5.74, 6) is -0.114. The number of nitrogens with zero attached hydrogens (tertiary/aromatic N) is 2. The van der Waals surface area contributed by atoms with E-state index in [0.717, 1.165) is 16.6 Å². The number of sulfonamides is 1. The zero-order valence-corrected chi connectivity index (χ0v) is 19.2. The second kappa shape index (κ2) is 9.05. The average Bonchev–Trinajstić information content (AvgIpc) is 3.20. The average molecular weight is 467 g/mol. The number of anilines is 2. The fourth-order valence-electron chi connectivity index (χ4n) is 3.17. The fourth-order valence-corrected chi connectivity index (χ4v) is 5.10. The van der Waals surface area contributed by atoms with Gasteiger partial charge < -0.3 is 10.3 Å². The van der Waals surface area contributed by atoms with Crippen LogP contribution in [-0.2, 0) is 14.8 Å². The Labute approximate surface area is 190 Å². The summed E-state index contributed by atoms with van der Waals surface area (Å²) < 4.78 is 27.2. The van der Waals surface area contributed by atoms with Crippen molar-refractivity contribution in [1.29, 1.82) is 0 Å². The maximum Gasteiger partial charge on any atom is 0.264 e. The predicted octanol–water partition coefficient (Wildman–Crippen LogP) is 4.43. The summed E-state index contributed by atoms with van der Waals surface area (Å²) in [7, 11) is -2.26. The van der Waals surface area contributed by atoms with E-state index >= 15 is 0 Å². The summed E-state index contributed by atoms with van der Waals surface area (Å²) in [6.07, 6.45) is 0. The van der Waals surface area contributed by atoms with Gasteiger partial charge in [0, 0.05) is 12.7 Å². The van der Waals surface area contributed by atoms with Crippen LogP contribution in [0.4, 0.5) is 11.4 Å². The van der Waals surface area contributed by atoms with Crippen molar-refractivity contribution in [3.63, 3.8) is 0 Å². The van der Waals surface area contributed by atoms with Crippen molar-refractivity contribution in [2.45, 2.75) is 17.0 Å². The van der Waals surface area contributed by atoms with Crippen molar-refractivity contribution in [3.05, 3.63) is 78.4 Å². The molecule has 0 atom stereocenters. The number of H-pyrrole nitrogens is 1. The molecule has 9 heteroatoms. The van der Waals surface area contributed by atoms with E-state index in [1.54, 1.807) is 36.4 Å². The standard InChI is InChI=1S/C23H22N4O3S2/c1-16-11-12-20-21(13-16)26-23(25-20)31-15-22(28)24-17-7-6-10-19(14-17)32(29,30)27(2)18-8-4-3-5-9-18/h3-14H,15H2,1-2H3,(H,24,28)(H,25,26). The molecule has 0 aliphatic rings. The number of fused-ring (bicyclic) bond motifs is 1. The number of aromatic amines is 1. The number of imidazole rings is 1. The Morgan fingerprint density at radius 3 is 2.62 bits per heavy atom. The van der Waals surface area contributed by atoms with Crippen molar-refractivity contribution < 1.29 is 13.2 Å². The third kappa shape index (κ3) is 4.79. The van der Waals surface area contributed by atoms with Gasteiger partial charge >= 0.3 is 0 Å². The van der Waals surface area contributed by atoms with Crippen LogP contribution in [0.2, 0.25) is 0 Å². The largest absolute Gasteiger partial charge is 0.333 e. The Morgan fingerprint density at radius 2 is 1.84 bits per heavy atom. The van der Waals surface area contributed by atoms with Crippen molar-refractivity contribution in [1.82, 2.24) is 9.97 Å². The van der Waals surface area contributed by atoms with Gasteiger partial charge in [-0.2, -0.15) is 0 Å². The van der Waals surface area contributed by atoms with E-state index < -0.39 is 10.0 Å². The lowest BCUT2D eigenvalue weighted by Gasteiger charge is -2.19. The summed E-state index contributed by atoms with van der Waals surface area (Å²) >= 11 is 1.29. The van der Waals surface area contributed by atoms with E-state index in [0.29, 0.717) is 16.5 Å². The van der Waals surface area contributed by atoms with Gasteiger partial charge in [0.2, 0.25) is 5.91 Å².